The van der Waals surface area contributed by atoms with E-state index in [0.717, 1.165) is 18.4 Å². The Kier molecular flexibility index (Phi) is 7.83. The number of aromatic nitrogens is 2. The number of hydrogen-bond acceptors (Lipinski definition) is 6. The van der Waals surface area contributed by atoms with Crippen LogP contribution in [0.5, 0.6) is 11.5 Å². The van der Waals surface area contributed by atoms with E-state index in [-0.39, 0.29) is 36.5 Å². The van der Waals surface area contributed by atoms with Crippen LogP contribution in [0.3, 0.4) is 0 Å². The molecule has 1 aromatic heterocycles. The van der Waals surface area contributed by atoms with E-state index < -0.39 is 0 Å². The summed E-state index contributed by atoms with van der Waals surface area (Å²) in [4.78, 5) is 28.8. The van der Waals surface area contributed by atoms with Gasteiger partial charge in [-0.2, -0.15) is 0 Å². The lowest BCUT2D eigenvalue weighted by atomic mass is 10.1. The van der Waals surface area contributed by atoms with Crippen molar-refractivity contribution < 1.29 is 14.3 Å². The summed E-state index contributed by atoms with van der Waals surface area (Å²) in [7, 11) is 3.13. The molecule has 3 N–H and O–H groups in total. The third kappa shape index (κ3) is 4.80. The molecule has 1 aliphatic rings. The first-order valence-corrected chi connectivity index (χ1v) is 9.45. The van der Waals surface area contributed by atoms with Crippen molar-refractivity contribution in [1.82, 2.24) is 14.5 Å². The van der Waals surface area contributed by atoms with Crippen molar-refractivity contribution in [2.24, 2.45) is 5.73 Å². The minimum atomic E-state index is -0.296. The highest BCUT2D eigenvalue weighted by Crippen LogP contribution is 2.33. The van der Waals surface area contributed by atoms with Gasteiger partial charge in [-0.1, -0.05) is 0 Å². The molecule has 2 aromatic rings. The fraction of sp³-hybridized carbons (Fsp3) is 0.421. The Morgan fingerprint density at radius 1 is 1.31 bits per heavy atom. The average Bonchev–Trinajstić information content (AvgIpc) is 3.17. The zero-order valence-corrected chi connectivity index (χ0v) is 18.0. The molecule has 8 nitrogen and oxygen atoms in total. The molecule has 0 saturated carbocycles. The van der Waals surface area contributed by atoms with Crippen LogP contribution in [-0.2, 0) is 11.3 Å². The first-order chi connectivity index (χ1) is 13.5. The van der Waals surface area contributed by atoms with Crippen LogP contribution in [0.25, 0.3) is 11.3 Å². The lowest BCUT2D eigenvalue weighted by molar-refractivity contribution is -0.130. The largest absolute Gasteiger partial charge is 0.497 e. The zero-order chi connectivity index (χ0) is 20.3. The highest BCUT2D eigenvalue weighted by Gasteiger charge is 2.29. The van der Waals surface area contributed by atoms with Crippen molar-refractivity contribution in [3.8, 4) is 22.8 Å². The molecular formula is C19H25ClN4O4S. The van der Waals surface area contributed by atoms with Gasteiger partial charge in [0.05, 0.1) is 26.5 Å². The SMILES string of the molecule is COc1ccc(-c2cc(=O)[nH]c(=S)n2CC2CCCN2C(=O)CN)c(OC)c1.Cl. The molecule has 0 spiro atoms. The van der Waals surface area contributed by atoms with E-state index in [1.807, 2.05) is 10.6 Å². The van der Waals surface area contributed by atoms with Crippen LogP contribution in [0.2, 0.25) is 0 Å². The molecule has 1 fully saturated rings. The van der Waals surface area contributed by atoms with Gasteiger partial charge in [-0.3, -0.25) is 14.6 Å². The van der Waals surface area contributed by atoms with Crippen molar-refractivity contribution >= 4 is 30.5 Å². The van der Waals surface area contributed by atoms with Crippen LogP contribution < -0.4 is 20.8 Å². The van der Waals surface area contributed by atoms with Gasteiger partial charge in [0.25, 0.3) is 5.56 Å². The van der Waals surface area contributed by atoms with Crippen molar-refractivity contribution in [2.75, 3.05) is 27.3 Å². The molecule has 2 heterocycles. The topological polar surface area (TPSA) is 103 Å². The van der Waals surface area contributed by atoms with Crippen LogP contribution in [-0.4, -0.2) is 53.7 Å². The third-order valence-electron chi connectivity index (χ3n) is 4.98. The van der Waals surface area contributed by atoms with Gasteiger partial charge in [-0.25, -0.2) is 0 Å². The number of amides is 1. The zero-order valence-electron chi connectivity index (χ0n) is 16.3. The number of carbonyl (C=O) groups is 1. The number of likely N-dealkylation sites (tertiary alicyclic amines) is 1. The number of aromatic amines is 1. The third-order valence-corrected chi connectivity index (χ3v) is 5.31. The molecule has 10 heteroatoms. The Morgan fingerprint density at radius 2 is 2.07 bits per heavy atom. The first-order valence-electron chi connectivity index (χ1n) is 9.04. The average molecular weight is 441 g/mol. The van der Waals surface area contributed by atoms with Gasteiger partial charge in [0.15, 0.2) is 4.77 Å². The van der Waals surface area contributed by atoms with E-state index in [2.05, 4.69) is 4.98 Å². The van der Waals surface area contributed by atoms with Gasteiger partial charge in [-0.15, -0.1) is 12.4 Å². The van der Waals surface area contributed by atoms with Crippen molar-refractivity contribution in [3.63, 3.8) is 0 Å². The number of nitrogens with zero attached hydrogens (tertiary/aromatic N) is 2. The van der Waals surface area contributed by atoms with Crippen LogP contribution in [0.15, 0.2) is 29.1 Å². The summed E-state index contributed by atoms with van der Waals surface area (Å²) in [6.07, 6.45) is 1.76. The van der Waals surface area contributed by atoms with E-state index in [9.17, 15) is 9.59 Å². The molecule has 1 unspecified atom stereocenters. The Morgan fingerprint density at radius 3 is 2.72 bits per heavy atom. The number of methoxy groups -OCH3 is 2. The van der Waals surface area contributed by atoms with Crippen LogP contribution in [0.1, 0.15) is 12.8 Å². The standard InChI is InChI=1S/C19H24N4O4S.ClH/c1-26-13-5-6-14(16(8-13)27-2)15-9-17(24)21-19(28)23(15)11-12-4-3-7-22(12)18(25)10-20;/h5-6,8-9,12H,3-4,7,10-11,20H2,1-2H3,(H,21,24,28);1H. The molecule has 1 saturated heterocycles. The van der Waals surface area contributed by atoms with E-state index in [0.29, 0.717) is 35.1 Å². The van der Waals surface area contributed by atoms with Gasteiger partial charge >= 0.3 is 0 Å². The summed E-state index contributed by atoms with van der Waals surface area (Å²) in [5, 5.41) is 0. The minimum Gasteiger partial charge on any atom is -0.497 e. The second-order valence-electron chi connectivity index (χ2n) is 6.59. The molecule has 1 aliphatic heterocycles. The molecule has 3 rings (SSSR count). The molecule has 1 amide bonds. The van der Waals surface area contributed by atoms with Crippen molar-refractivity contribution in [1.29, 1.82) is 0 Å². The summed E-state index contributed by atoms with van der Waals surface area (Å²) in [6.45, 7) is 1.12. The van der Waals surface area contributed by atoms with E-state index in [1.54, 1.807) is 31.3 Å². The lowest BCUT2D eigenvalue weighted by Crippen LogP contribution is -2.41. The maximum Gasteiger partial charge on any atom is 0.252 e. The summed E-state index contributed by atoms with van der Waals surface area (Å²) in [6, 6.07) is 6.84. The summed E-state index contributed by atoms with van der Waals surface area (Å²) in [5.74, 6) is 1.13. The second kappa shape index (κ2) is 9.91. The summed E-state index contributed by atoms with van der Waals surface area (Å²) < 4.78 is 12.9. The van der Waals surface area contributed by atoms with Crippen molar-refractivity contribution in [2.45, 2.75) is 25.4 Å². The van der Waals surface area contributed by atoms with Crippen LogP contribution in [0, 0.1) is 4.77 Å². The van der Waals surface area contributed by atoms with Gasteiger partial charge in [-0.05, 0) is 37.2 Å². The fourth-order valence-corrected chi connectivity index (χ4v) is 3.89. The number of nitrogens with two attached hydrogens (primary N) is 1. The number of H-pyrrole nitrogens is 1. The Bertz CT molecular complexity index is 991. The van der Waals surface area contributed by atoms with Gasteiger partial charge in [0.1, 0.15) is 11.5 Å². The maximum atomic E-state index is 12.2. The quantitative estimate of drug-likeness (QED) is 0.665. The molecule has 29 heavy (non-hydrogen) atoms. The van der Waals surface area contributed by atoms with Crippen molar-refractivity contribution in [3.05, 3.63) is 39.4 Å². The number of hydrogen-bond donors (Lipinski definition) is 2. The summed E-state index contributed by atoms with van der Waals surface area (Å²) >= 11 is 5.44. The van der Waals surface area contributed by atoms with Gasteiger partial charge in [0, 0.05) is 36.8 Å². The molecule has 0 radical (unpaired) electrons. The Hall–Kier alpha value is -2.36. The molecule has 0 bridgehead atoms. The van der Waals surface area contributed by atoms with E-state index in [4.69, 9.17) is 27.4 Å². The number of rotatable bonds is 6. The normalized spacial score (nSPS) is 15.7. The number of nitrogens with one attached hydrogen (secondary N) is 1. The number of carbonyl (C=O) groups excluding carboxylic acids is 1. The molecular weight excluding hydrogens is 416 g/mol. The first kappa shape index (κ1) is 22.9. The minimum absolute atomic E-state index is 0. The lowest BCUT2D eigenvalue weighted by Gasteiger charge is -2.26. The monoisotopic (exact) mass is 440 g/mol. The second-order valence-corrected chi connectivity index (χ2v) is 6.97. The summed E-state index contributed by atoms with van der Waals surface area (Å²) in [5.41, 5.74) is 6.60. The fourth-order valence-electron chi connectivity index (χ4n) is 3.62. The Balaban J connectivity index is 0.00000300. The van der Waals surface area contributed by atoms with Crippen LogP contribution in [0.4, 0.5) is 0 Å². The van der Waals surface area contributed by atoms with Gasteiger partial charge in [0.2, 0.25) is 5.91 Å². The van der Waals surface area contributed by atoms with Gasteiger partial charge < -0.3 is 24.7 Å². The Labute approximate surface area is 180 Å². The van der Waals surface area contributed by atoms with E-state index >= 15 is 0 Å². The maximum absolute atomic E-state index is 12.2. The predicted molar refractivity (Wildman–Crippen MR) is 115 cm³/mol. The number of halogens is 1. The highest BCUT2D eigenvalue weighted by atomic mass is 35.5. The molecule has 0 aliphatic carbocycles. The molecule has 1 atom stereocenters. The predicted octanol–water partition coefficient (Wildman–Crippen LogP) is 1.96. The van der Waals surface area contributed by atoms with Crippen LogP contribution >= 0.6 is 24.6 Å². The smallest absolute Gasteiger partial charge is 0.252 e. The molecule has 1 aromatic carbocycles. The number of benzene rings is 1. The number of ether oxygens (including phenoxy) is 2. The molecule has 158 valence electrons. The van der Waals surface area contributed by atoms with E-state index in [1.165, 1.54) is 6.07 Å². The highest BCUT2D eigenvalue weighted by molar-refractivity contribution is 7.71.